The molecule has 0 aromatic carbocycles. The summed E-state index contributed by atoms with van der Waals surface area (Å²) in [5.41, 5.74) is -2.64. The van der Waals surface area contributed by atoms with Gasteiger partial charge in [-0.3, -0.25) is 4.79 Å². The Morgan fingerprint density at radius 3 is 2.89 bits per heavy atom. The molecule has 148 valence electrons. The summed E-state index contributed by atoms with van der Waals surface area (Å²) >= 11 is 0. The molecular formula is C20H26O7. The highest BCUT2D eigenvalue weighted by atomic mass is 16.6. The molecule has 7 heteroatoms. The van der Waals surface area contributed by atoms with E-state index >= 15 is 0 Å². The number of furan rings is 1. The van der Waals surface area contributed by atoms with Crippen LogP contribution in [-0.2, 0) is 14.3 Å². The Hall–Kier alpha value is -1.41. The second kappa shape index (κ2) is 5.35. The summed E-state index contributed by atoms with van der Waals surface area (Å²) in [6.45, 7) is 1.91. The van der Waals surface area contributed by atoms with E-state index in [2.05, 4.69) is 0 Å². The maximum Gasteiger partial charge on any atom is 0.312 e. The minimum absolute atomic E-state index is 0.0419. The molecule has 5 rings (SSSR count). The number of cyclic esters (lactones) is 1. The van der Waals surface area contributed by atoms with Gasteiger partial charge in [0.05, 0.1) is 36.1 Å². The molecular weight excluding hydrogens is 352 g/mol. The van der Waals surface area contributed by atoms with Crippen LogP contribution in [0.3, 0.4) is 0 Å². The van der Waals surface area contributed by atoms with Crippen molar-refractivity contribution in [1.29, 1.82) is 0 Å². The highest BCUT2D eigenvalue weighted by Crippen LogP contribution is 2.73. The number of hydrogen-bond acceptors (Lipinski definition) is 7. The molecule has 1 spiro atoms. The summed E-state index contributed by atoms with van der Waals surface area (Å²) in [7, 11) is 0. The van der Waals surface area contributed by atoms with Crippen molar-refractivity contribution in [2.45, 2.75) is 56.5 Å². The largest absolute Gasteiger partial charge is 0.472 e. The van der Waals surface area contributed by atoms with E-state index in [0.29, 0.717) is 18.4 Å². The van der Waals surface area contributed by atoms with Crippen LogP contribution in [0.25, 0.3) is 0 Å². The molecule has 0 radical (unpaired) electrons. The van der Waals surface area contributed by atoms with Crippen LogP contribution in [0.1, 0.15) is 50.7 Å². The van der Waals surface area contributed by atoms with Gasteiger partial charge in [-0.25, -0.2) is 0 Å². The van der Waals surface area contributed by atoms with Gasteiger partial charge in [0, 0.05) is 12.0 Å². The summed E-state index contributed by atoms with van der Waals surface area (Å²) in [5.74, 6) is -2.44. The molecule has 0 amide bonds. The van der Waals surface area contributed by atoms with Crippen LogP contribution in [0.2, 0.25) is 0 Å². The summed E-state index contributed by atoms with van der Waals surface area (Å²) in [4.78, 5) is 13.2. The van der Waals surface area contributed by atoms with E-state index in [-0.39, 0.29) is 43.9 Å². The van der Waals surface area contributed by atoms with Gasteiger partial charge >= 0.3 is 5.97 Å². The lowest BCUT2D eigenvalue weighted by atomic mass is 9.40. The Labute approximate surface area is 157 Å². The maximum atomic E-state index is 13.2. The summed E-state index contributed by atoms with van der Waals surface area (Å²) < 4.78 is 16.5. The van der Waals surface area contributed by atoms with Crippen LogP contribution in [-0.4, -0.2) is 45.9 Å². The van der Waals surface area contributed by atoms with E-state index in [1.54, 1.807) is 6.07 Å². The van der Waals surface area contributed by atoms with Crippen molar-refractivity contribution in [2.24, 2.45) is 22.7 Å². The Balaban J connectivity index is 1.65. The van der Waals surface area contributed by atoms with Gasteiger partial charge in [-0.1, -0.05) is 13.3 Å². The lowest BCUT2D eigenvalue weighted by molar-refractivity contribution is -0.345. The van der Waals surface area contributed by atoms with Gasteiger partial charge in [0.15, 0.2) is 5.79 Å². The molecule has 1 aromatic rings. The van der Waals surface area contributed by atoms with Crippen LogP contribution in [0.5, 0.6) is 0 Å². The standard InChI is InChI=1S/C20H26O7/c1-12-7-20(24)19-11-26-16(22)18(12,8-14(21)13-4-6-25-9-13)15(19)3-2-5-17(19,23)10-27-20/h4,6,9,12,14-15,21,23-24H,2-3,5,7-8,10-11H2,1H3/t12-,14?,15-,17+,18+,19-,20+/m1/s1. The number of ether oxygens (including phenoxy) is 2. The first kappa shape index (κ1) is 17.7. The van der Waals surface area contributed by atoms with Gasteiger partial charge in [0.25, 0.3) is 0 Å². The minimum Gasteiger partial charge on any atom is -0.472 e. The molecule has 1 aromatic heterocycles. The third kappa shape index (κ3) is 1.89. The fourth-order valence-electron chi connectivity index (χ4n) is 6.81. The Morgan fingerprint density at radius 1 is 1.33 bits per heavy atom. The quantitative estimate of drug-likeness (QED) is 0.684. The molecule has 27 heavy (non-hydrogen) atoms. The molecule has 2 bridgehead atoms. The zero-order valence-electron chi connectivity index (χ0n) is 15.4. The topological polar surface area (TPSA) is 109 Å². The van der Waals surface area contributed by atoms with Gasteiger partial charge in [-0.2, -0.15) is 0 Å². The molecule has 2 saturated carbocycles. The van der Waals surface area contributed by atoms with Crippen LogP contribution in [0.15, 0.2) is 23.0 Å². The number of carbonyl (C=O) groups is 1. The fraction of sp³-hybridized carbons (Fsp3) is 0.750. The molecule has 1 unspecified atom stereocenters. The highest BCUT2D eigenvalue weighted by Gasteiger charge is 2.82. The fourth-order valence-corrected chi connectivity index (χ4v) is 6.81. The van der Waals surface area contributed by atoms with Crippen molar-refractivity contribution in [1.82, 2.24) is 0 Å². The van der Waals surface area contributed by atoms with Crippen molar-refractivity contribution in [2.75, 3.05) is 13.2 Å². The van der Waals surface area contributed by atoms with Crippen molar-refractivity contribution < 1.29 is 34.0 Å². The third-order valence-electron chi connectivity index (χ3n) is 8.11. The molecule has 7 nitrogen and oxygen atoms in total. The Bertz CT molecular complexity index is 762. The van der Waals surface area contributed by atoms with E-state index < -0.39 is 28.3 Å². The second-order valence-corrected chi connectivity index (χ2v) is 9.02. The first-order valence-electron chi connectivity index (χ1n) is 9.75. The molecule has 7 atom stereocenters. The number of rotatable bonds is 3. The molecule has 2 aliphatic carbocycles. The lowest BCUT2D eigenvalue weighted by Gasteiger charge is -2.66. The average Bonchev–Trinajstić information content (AvgIpc) is 3.23. The lowest BCUT2D eigenvalue weighted by Crippen LogP contribution is -2.76. The molecule has 3 N–H and O–H groups in total. The predicted octanol–water partition coefficient (Wildman–Crippen LogP) is 1.52. The smallest absolute Gasteiger partial charge is 0.312 e. The zero-order valence-corrected chi connectivity index (χ0v) is 15.4. The Morgan fingerprint density at radius 2 is 2.15 bits per heavy atom. The number of esters is 1. The molecule has 2 aliphatic heterocycles. The SMILES string of the molecule is C[C@@H]1C[C@]2(O)OC[C@@]3(O)CCC[C@@H]4[C@@]1(CC(O)c1ccoc1)C(=O)OC[C@@]432. The van der Waals surface area contributed by atoms with E-state index in [4.69, 9.17) is 13.9 Å². The van der Waals surface area contributed by atoms with Gasteiger partial charge < -0.3 is 29.2 Å². The highest BCUT2D eigenvalue weighted by molar-refractivity contribution is 5.80. The van der Waals surface area contributed by atoms with Crippen molar-refractivity contribution in [3.63, 3.8) is 0 Å². The first-order chi connectivity index (χ1) is 12.8. The van der Waals surface area contributed by atoms with Crippen LogP contribution >= 0.6 is 0 Å². The minimum atomic E-state index is -1.52. The number of aliphatic hydroxyl groups excluding tert-OH is 1. The summed E-state index contributed by atoms with van der Waals surface area (Å²) in [6.07, 6.45) is 4.42. The summed E-state index contributed by atoms with van der Waals surface area (Å²) in [5, 5.41) is 33.7. The van der Waals surface area contributed by atoms with Gasteiger partial charge in [0.1, 0.15) is 12.2 Å². The molecule has 4 aliphatic rings. The number of carbonyl (C=O) groups excluding carboxylic acids is 1. The third-order valence-corrected chi connectivity index (χ3v) is 8.11. The van der Waals surface area contributed by atoms with Gasteiger partial charge in [0.2, 0.25) is 0 Å². The average molecular weight is 378 g/mol. The van der Waals surface area contributed by atoms with Gasteiger partial charge in [-0.05, 0) is 37.2 Å². The predicted molar refractivity (Wildman–Crippen MR) is 91.1 cm³/mol. The number of hydrogen-bond donors (Lipinski definition) is 3. The van der Waals surface area contributed by atoms with Crippen LogP contribution in [0, 0.1) is 22.7 Å². The number of aliphatic hydroxyl groups is 3. The monoisotopic (exact) mass is 378 g/mol. The van der Waals surface area contributed by atoms with Crippen LogP contribution < -0.4 is 0 Å². The summed E-state index contributed by atoms with van der Waals surface area (Å²) in [6, 6.07) is 1.69. The van der Waals surface area contributed by atoms with Crippen molar-refractivity contribution in [3.05, 3.63) is 24.2 Å². The molecule has 4 fully saturated rings. The van der Waals surface area contributed by atoms with E-state index in [0.717, 1.165) is 6.42 Å². The van der Waals surface area contributed by atoms with E-state index in [9.17, 15) is 20.1 Å². The molecule has 2 saturated heterocycles. The van der Waals surface area contributed by atoms with Crippen LogP contribution in [0.4, 0.5) is 0 Å². The van der Waals surface area contributed by atoms with Crippen molar-refractivity contribution in [3.8, 4) is 0 Å². The van der Waals surface area contributed by atoms with Gasteiger partial charge in [-0.15, -0.1) is 0 Å². The van der Waals surface area contributed by atoms with E-state index in [1.165, 1.54) is 12.5 Å². The molecule has 3 heterocycles. The maximum absolute atomic E-state index is 13.2. The van der Waals surface area contributed by atoms with Crippen molar-refractivity contribution >= 4 is 5.97 Å². The Kier molecular flexibility index (Phi) is 3.50. The van der Waals surface area contributed by atoms with E-state index in [1.807, 2.05) is 6.92 Å². The second-order valence-electron chi connectivity index (χ2n) is 9.02. The first-order valence-corrected chi connectivity index (χ1v) is 9.75. The zero-order chi connectivity index (χ0) is 19.1. The normalized spacial score (nSPS) is 49.4.